The third-order valence-electron chi connectivity index (χ3n) is 3.98. The van der Waals surface area contributed by atoms with E-state index in [4.69, 9.17) is 9.47 Å². The van der Waals surface area contributed by atoms with Crippen LogP contribution in [0.4, 0.5) is 0 Å². The van der Waals surface area contributed by atoms with E-state index in [1.165, 1.54) is 0 Å². The summed E-state index contributed by atoms with van der Waals surface area (Å²) in [6.45, 7) is 12.4. The summed E-state index contributed by atoms with van der Waals surface area (Å²) in [5.41, 5.74) is -1.03. The lowest BCUT2D eigenvalue weighted by atomic mass is 9.81. The predicted octanol–water partition coefficient (Wildman–Crippen LogP) is 3.27. The van der Waals surface area contributed by atoms with E-state index in [1.807, 2.05) is 60.5 Å². The maximum atomic E-state index is 12.3. The van der Waals surface area contributed by atoms with Gasteiger partial charge in [0.25, 0.3) is 0 Å². The largest absolute Gasteiger partial charge is 0.464 e. The van der Waals surface area contributed by atoms with Gasteiger partial charge < -0.3 is 14.4 Å². The van der Waals surface area contributed by atoms with Crippen LogP contribution in [0.3, 0.4) is 0 Å². The van der Waals surface area contributed by atoms with Gasteiger partial charge in [0.15, 0.2) is 0 Å². The van der Waals surface area contributed by atoms with Gasteiger partial charge in [-0.3, -0.25) is 9.59 Å². The summed E-state index contributed by atoms with van der Waals surface area (Å²) in [4.78, 5) is 26.3. The number of hydrogen-bond donors (Lipinski definition) is 0. The van der Waals surface area contributed by atoms with E-state index >= 15 is 0 Å². The number of rotatable bonds is 9. The highest BCUT2D eigenvalue weighted by molar-refractivity contribution is 5.76. The van der Waals surface area contributed by atoms with E-state index in [0.717, 1.165) is 0 Å². The third kappa shape index (κ3) is 8.94. The molecule has 0 aliphatic rings. The van der Waals surface area contributed by atoms with E-state index < -0.39 is 11.0 Å². The van der Waals surface area contributed by atoms with E-state index in [0.29, 0.717) is 32.4 Å². The van der Waals surface area contributed by atoms with Crippen molar-refractivity contribution in [1.82, 2.24) is 4.90 Å². The average molecular weight is 329 g/mol. The second-order valence-corrected chi connectivity index (χ2v) is 7.83. The zero-order chi connectivity index (χ0) is 18.3. The summed E-state index contributed by atoms with van der Waals surface area (Å²) >= 11 is 0. The lowest BCUT2D eigenvalue weighted by molar-refractivity contribution is -0.162. The molecular formula is C18H35NO4. The Morgan fingerprint density at radius 3 is 2.13 bits per heavy atom. The molecule has 0 heterocycles. The van der Waals surface area contributed by atoms with Crippen molar-refractivity contribution in [3.63, 3.8) is 0 Å². The molecule has 0 aliphatic carbocycles. The molecule has 0 bridgehead atoms. The molecule has 2 unspecified atom stereocenters. The van der Waals surface area contributed by atoms with Crippen LogP contribution in [0.5, 0.6) is 0 Å². The molecule has 0 aliphatic heterocycles. The fourth-order valence-electron chi connectivity index (χ4n) is 1.97. The Morgan fingerprint density at radius 2 is 1.70 bits per heavy atom. The predicted molar refractivity (Wildman–Crippen MR) is 92.2 cm³/mol. The molecule has 2 atom stereocenters. The van der Waals surface area contributed by atoms with Crippen LogP contribution in [0.25, 0.3) is 0 Å². The van der Waals surface area contributed by atoms with Crippen LogP contribution in [0.2, 0.25) is 0 Å². The van der Waals surface area contributed by atoms with Gasteiger partial charge in [0.05, 0.1) is 11.3 Å². The second kappa shape index (κ2) is 9.26. The Morgan fingerprint density at radius 1 is 1.13 bits per heavy atom. The zero-order valence-electron chi connectivity index (χ0n) is 16.2. The summed E-state index contributed by atoms with van der Waals surface area (Å²) in [6.07, 6.45) is 1.92. The van der Waals surface area contributed by atoms with Crippen molar-refractivity contribution in [3.05, 3.63) is 0 Å². The lowest BCUT2D eigenvalue weighted by Crippen LogP contribution is -2.33. The van der Waals surface area contributed by atoms with Gasteiger partial charge >= 0.3 is 11.9 Å². The summed E-state index contributed by atoms with van der Waals surface area (Å²) in [6, 6.07) is 0. The normalized spacial score (nSPS) is 15.9. The van der Waals surface area contributed by atoms with Gasteiger partial charge in [0, 0.05) is 6.54 Å². The number of carbonyl (C=O) groups excluding carboxylic acids is 2. The smallest absolute Gasteiger partial charge is 0.311 e. The molecule has 0 rings (SSSR count). The van der Waals surface area contributed by atoms with Crippen molar-refractivity contribution in [2.75, 3.05) is 27.2 Å². The minimum Gasteiger partial charge on any atom is -0.464 e. The molecule has 0 spiro atoms. The molecule has 0 fully saturated rings. The van der Waals surface area contributed by atoms with Gasteiger partial charge in [-0.15, -0.1) is 0 Å². The molecule has 5 heteroatoms. The molecule has 0 aromatic heterocycles. The molecule has 0 saturated carbocycles. The summed E-state index contributed by atoms with van der Waals surface area (Å²) in [5, 5.41) is 0. The first kappa shape index (κ1) is 21.9. The average Bonchev–Trinajstić information content (AvgIpc) is 2.41. The zero-order valence-corrected chi connectivity index (χ0v) is 16.2. The quantitative estimate of drug-likeness (QED) is 0.608. The molecule has 0 saturated heterocycles. The van der Waals surface area contributed by atoms with Gasteiger partial charge in [-0.25, -0.2) is 0 Å². The first-order valence-corrected chi connectivity index (χ1v) is 8.46. The van der Waals surface area contributed by atoms with Crippen LogP contribution in [0.15, 0.2) is 0 Å². The molecule has 23 heavy (non-hydrogen) atoms. The summed E-state index contributed by atoms with van der Waals surface area (Å²) in [5.74, 6) is -0.621. The molecule has 0 radical (unpaired) electrons. The monoisotopic (exact) mass is 329 g/mol. The molecule has 0 amide bonds. The van der Waals surface area contributed by atoms with E-state index in [9.17, 15) is 9.59 Å². The van der Waals surface area contributed by atoms with E-state index in [2.05, 4.69) is 0 Å². The SMILES string of the molecule is CCC(C)(CCC(C)C(=O)OC(C)(C)C)C(=O)OCCN(C)C. The maximum absolute atomic E-state index is 12.3. The van der Waals surface area contributed by atoms with Gasteiger partial charge in [0.2, 0.25) is 0 Å². The number of likely N-dealkylation sites (N-methyl/N-ethyl adjacent to an activating group) is 1. The first-order chi connectivity index (χ1) is 10.4. The van der Waals surface area contributed by atoms with Crippen LogP contribution >= 0.6 is 0 Å². The van der Waals surface area contributed by atoms with Gasteiger partial charge in [-0.1, -0.05) is 13.8 Å². The Balaban J connectivity index is 4.50. The highest BCUT2D eigenvalue weighted by Gasteiger charge is 2.34. The number of esters is 2. The number of nitrogens with zero attached hydrogens (tertiary/aromatic N) is 1. The van der Waals surface area contributed by atoms with Gasteiger partial charge in [-0.2, -0.15) is 0 Å². The molecular weight excluding hydrogens is 294 g/mol. The van der Waals surface area contributed by atoms with Crippen LogP contribution < -0.4 is 0 Å². The molecule has 0 aromatic rings. The van der Waals surface area contributed by atoms with Crippen molar-refractivity contribution in [3.8, 4) is 0 Å². The van der Waals surface area contributed by atoms with Crippen LogP contribution in [-0.2, 0) is 19.1 Å². The van der Waals surface area contributed by atoms with Gasteiger partial charge in [0.1, 0.15) is 12.2 Å². The van der Waals surface area contributed by atoms with Crippen LogP contribution in [-0.4, -0.2) is 49.7 Å². The van der Waals surface area contributed by atoms with E-state index in [1.54, 1.807) is 0 Å². The van der Waals surface area contributed by atoms with Gasteiger partial charge in [-0.05, 0) is 61.1 Å². The van der Waals surface area contributed by atoms with Crippen molar-refractivity contribution < 1.29 is 19.1 Å². The number of ether oxygens (including phenoxy) is 2. The minimum absolute atomic E-state index is 0.182. The van der Waals surface area contributed by atoms with Crippen molar-refractivity contribution in [2.24, 2.45) is 11.3 Å². The Kier molecular flexibility index (Phi) is 8.82. The standard InChI is InChI=1S/C18H35NO4/c1-9-18(6,16(21)22-13-12-19(7)8)11-10-14(2)15(20)23-17(3,4)5/h14H,9-13H2,1-8H3. The summed E-state index contributed by atoms with van der Waals surface area (Å²) in [7, 11) is 3.88. The topological polar surface area (TPSA) is 55.8 Å². The highest BCUT2D eigenvalue weighted by Crippen LogP contribution is 2.31. The Bertz CT molecular complexity index is 387. The highest BCUT2D eigenvalue weighted by atomic mass is 16.6. The second-order valence-electron chi connectivity index (χ2n) is 7.83. The maximum Gasteiger partial charge on any atom is 0.311 e. The van der Waals surface area contributed by atoms with Crippen LogP contribution in [0, 0.1) is 11.3 Å². The van der Waals surface area contributed by atoms with Crippen molar-refractivity contribution in [1.29, 1.82) is 0 Å². The first-order valence-electron chi connectivity index (χ1n) is 8.46. The molecule has 136 valence electrons. The number of hydrogen-bond acceptors (Lipinski definition) is 5. The fourth-order valence-corrected chi connectivity index (χ4v) is 1.97. The van der Waals surface area contributed by atoms with E-state index in [-0.39, 0.29) is 17.9 Å². The fraction of sp³-hybridized carbons (Fsp3) is 0.889. The number of carbonyl (C=O) groups is 2. The van der Waals surface area contributed by atoms with Crippen LogP contribution in [0.1, 0.15) is 60.8 Å². The Labute approximate surface area is 141 Å². The molecule has 0 aromatic carbocycles. The third-order valence-corrected chi connectivity index (χ3v) is 3.98. The van der Waals surface area contributed by atoms with Crippen molar-refractivity contribution in [2.45, 2.75) is 66.4 Å². The lowest BCUT2D eigenvalue weighted by Gasteiger charge is -2.28. The molecule has 0 N–H and O–H groups in total. The summed E-state index contributed by atoms with van der Waals surface area (Å²) < 4.78 is 10.8. The molecule has 5 nitrogen and oxygen atoms in total. The Hall–Kier alpha value is -1.10. The minimum atomic E-state index is -0.553. The van der Waals surface area contributed by atoms with Crippen molar-refractivity contribution >= 4 is 11.9 Å².